The lowest BCUT2D eigenvalue weighted by Gasteiger charge is -2.19. The van der Waals surface area contributed by atoms with Crippen molar-refractivity contribution >= 4 is 11.6 Å². The Morgan fingerprint density at radius 2 is 1.68 bits per heavy atom. The van der Waals surface area contributed by atoms with Crippen LogP contribution in [0.25, 0.3) is 0 Å². The molecule has 2 rings (SSSR count). The lowest BCUT2D eigenvalue weighted by Crippen LogP contribution is -2.14. The van der Waals surface area contributed by atoms with Crippen molar-refractivity contribution < 1.29 is 9.53 Å². The van der Waals surface area contributed by atoms with E-state index in [1.807, 2.05) is 45.2 Å². The van der Waals surface area contributed by atoms with E-state index in [9.17, 15) is 4.79 Å². The average molecular weight is 505 g/mol. The van der Waals surface area contributed by atoms with Crippen LogP contribution in [-0.4, -0.2) is 11.6 Å². The van der Waals surface area contributed by atoms with Gasteiger partial charge in [-0.3, -0.25) is 9.79 Å². The van der Waals surface area contributed by atoms with Crippen LogP contribution in [0, 0.1) is 12.8 Å². The Morgan fingerprint density at radius 1 is 1.05 bits per heavy atom. The fourth-order valence-corrected chi connectivity index (χ4v) is 4.59. The number of amides is 1. The standard InChI is InChI=1S/C31H42N2O2.C2H6/c1-8-12-25(13-9-2)28(21(4)5)19-33-23(7)30-24(10-3)14-11-15-26(30)20-35-29-18-22(6)16-17-27(29)31(32)34;1-2/h11,14-19,25H,4,8-10,12-13,20H2,1-3,5-7H3,(H2,32,34);1-2H3/b28-19+,33-23?;. The summed E-state index contributed by atoms with van der Waals surface area (Å²) in [7, 11) is 0. The van der Waals surface area contributed by atoms with E-state index in [0.717, 1.165) is 60.1 Å². The number of ether oxygens (including phenoxy) is 1. The van der Waals surface area contributed by atoms with Crippen LogP contribution in [0.5, 0.6) is 5.75 Å². The monoisotopic (exact) mass is 504 g/mol. The lowest BCUT2D eigenvalue weighted by atomic mass is 9.87. The van der Waals surface area contributed by atoms with Crippen molar-refractivity contribution in [3.8, 4) is 5.75 Å². The third kappa shape index (κ3) is 9.35. The normalized spacial score (nSPS) is 11.7. The number of aryl methyl sites for hydroxylation is 2. The summed E-state index contributed by atoms with van der Waals surface area (Å²) in [5.74, 6) is 0.495. The highest BCUT2D eigenvalue weighted by Crippen LogP contribution is 2.28. The number of benzene rings is 2. The molecule has 0 bridgehead atoms. The largest absolute Gasteiger partial charge is 0.488 e. The first-order valence-corrected chi connectivity index (χ1v) is 13.8. The Hall–Kier alpha value is -3.14. The molecule has 0 aliphatic rings. The topological polar surface area (TPSA) is 64.7 Å². The van der Waals surface area contributed by atoms with Crippen LogP contribution in [0.4, 0.5) is 0 Å². The van der Waals surface area contributed by atoms with Crippen LogP contribution in [0.3, 0.4) is 0 Å². The highest BCUT2D eigenvalue weighted by molar-refractivity contribution is 6.01. The lowest BCUT2D eigenvalue weighted by molar-refractivity contribution is 0.0996. The van der Waals surface area contributed by atoms with Gasteiger partial charge in [-0.15, -0.1) is 0 Å². The summed E-state index contributed by atoms with van der Waals surface area (Å²) in [5.41, 5.74) is 13.6. The van der Waals surface area contributed by atoms with Crippen molar-refractivity contribution in [3.63, 3.8) is 0 Å². The van der Waals surface area contributed by atoms with E-state index >= 15 is 0 Å². The summed E-state index contributed by atoms with van der Waals surface area (Å²) in [4.78, 5) is 16.8. The van der Waals surface area contributed by atoms with Crippen molar-refractivity contribution in [1.29, 1.82) is 0 Å². The maximum atomic E-state index is 11.9. The summed E-state index contributed by atoms with van der Waals surface area (Å²) in [5, 5.41) is 0. The molecule has 4 nitrogen and oxygen atoms in total. The van der Waals surface area contributed by atoms with Gasteiger partial charge in [0.05, 0.1) is 5.56 Å². The van der Waals surface area contributed by atoms with Gasteiger partial charge in [-0.05, 0) is 80.3 Å². The molecule has 1 amide bonds. The summed E-state index contributed by atoms with van der Waals surface area (Å²) in [6.45, 7) is 21.3. The predicted octanol–water partition coefficient (Wildman–Crippen LogP) is 8.75. The fourth-order valence-electron chi connectivity index (χ4n) is 4.59. The van der Waals surface area contributed by atoms with Crippen molar-refractivity contribution in [1.82, 2.24) is 0 Å². The zero-order chi connectivity index (χ0) is 28.0. The minimum Gasteiger partial charge on any atom is -0.488 e. The molecular weight excluding hydrogens is 456 g/mol. The number of nitrogens with zero attached hydrogens (tertiary/aromatic N) is 1. The Morgan fingerprint density at radius 3 is 2.22 bits per heavy atom. The number of hydrogen-bond donors (Lipinski definition) is 1. The summed E-state index contributed by atoms with van der Waals surface area (Å²) >= 11 is 0. The third-order valence-electron chi connectivity index (χ3n) is 6.37. The molecule has 0 aliphatic carbocycles. The van der Waals surface area contributed by atoms with Gasteiger partial charge in [0.1, 0.15) is 12.4 Å². The molecule has 0 atom stereocenters. The van der Waals surface area contributed by atoms with E-state index in [1.165, 1.54) is 11.1 Å². The average Bonchev–Trinajstić information content (AvgIpc) is 2.88. The Kier molecular flexibility index (Phi) is 14.3. The number of allylic oxidation sites excluding steroid dienone is 2. The molecule has 0 saturated heterocycles. The molecule has 0 unspecified atom stereocenters. The van der Waals surface area contributed by atoms with Gasteiger partial charge in [0, 0.05) is 17.5 Å². The van der Waals surface area contributed by atoms with Crippen LogP contribution in [-0.2, 0) is 13.0 Å². The molecule has 2 aromatic carbocycles. The zero-order valence-corrected chi connectivity index (χ0v) is 24.4. The molecule has 0 saturated carbocycles. The molecule has 2 N–H and O–H groups in total. The maximum absolute atomic E-state index is 11.9. The van der Waals surface area contributed by atoms with Gasteiger partial charge in [-0.25, -0.2) is 0 Å². The SMILES string of the molecule is C=C(C)/C(=C\N=C(C)c1c(CC)cccc1COc1cc(C)ccc1C(N)=O)C(CCC)CCC.CC. The second-order valence-electron chi connectivity index (χ2n) is 9.31. The summed E-state index contributed by atoms with van der Waals surface area (Å²) in [6, 6.07) is 11.7. The number of nitrogens with two attached hydrogens (primary N) is 1. The molecule has 0 radical (unpaired) electrons. The van der Waals surface area contributed by atoms with Crippen LogP contribution >= 0.6 is 0 Å². The Labute approximate surface area is 225 Å². The summed E-state index contributed by atoms with van der Waals surface area (Å²) in [6.07, 6.45) is 7.48. The van der Waals surface area contributed by atoms with Gasteiger partial charge < -0.3 is 10.5 Å². The molecule has 0 fully saturated rings. The van der Waals surface area contributed by atoms with Crippen LogP contribution in [0.1, 0.15) is 107 Å². The number of carbonyl (C=O) groups excluding carboxylic acids is 1. The quantitative estimate of drug-likeness (QED) is 0.219. The Balaban J connectivity index is 0.00000334. The highest BCUT2D eigenvalue weighted by Gasteiger charge is 2.16. The van der Waals surface area contributed by atoms with E-state index in [-0.39, 0.29) is 0 Å². The first-order chi connectivity index (χ1) is 17.7. The molecule has 4 heteroatoms. The number of hydrogen-bond acceptors (Lipinski definition) is 3. The van der Waals surface area contributed by atoms with E-state index in [1.54, 1.807) is 6.07 Å². The van der Waals surface area contributed by atoms with Crippen LogP contribution in [0.2, 0.25) is 0 Å². The van der Waals surface area contributed by atoms with Crippen LogP contribution < -0.4 is 10.5 Å². The van der Waals surface area contributed by atoms with Gasteiger partial charge in [0.2, 0.25) is 0 Å². The second kappa shape index (κ2) is 16.6. The van der Waals surface area contributed by atoms with E-state index in [2.05, 4.69) is 53.3 Å². The molecular formula is C33H48N2O2. The van der Waals surface area contributed by atoms with Crippen molar-refractivity contribution in [3.05, 3.63) is 88.1 Å². The minimum absolute atomic E-state index is 0.325. The first kappa shape index (κ1) is 31.9. The zero-order valence-electron chi connectivity index (χ0n) is 24.4. The van der Waals surface area contributed by atoms with Gasteiger partial charge in [0.25, 0.3) is 5.91 Å². The van der Waals surface area contributed by atoms with Gasteiger partial charge in [0.15, 0.2) is 0 Å². The van der Waals surface area contributed by atoms with E-state index in [0.29, 0.717) is 23.8 Å². The number of aliphatic imine (C=N–C) groups is 1. The minimum atomic E-state index is -0.494. The maximum Gasteiger partial charge on any atom is 0.252 e. The van der Waals surface area contributed by atoms with E-state index in [4.69, 9.17) is 15.5 Å². The smallest absolute Gasteiger partial charge is 0.252 e. The Bertz CT molecular complexity index is 1090. The van der Waals surface area contributed by atoms with E-state index < -0.39 is 5.91 Å². The summed E-state index contributed by atoms with van der Waals surface area (Å²) < 4.78 is 6.14. The number of primary amides is 1. The first-order valence-electron chi connectivity index (χ1n) is 13.8. The third-order valence-corrected chi connectivity index (χ3v) is 6.37. The van der Waals surface area contributed by atoms with Gasteiger partial charge in [-0.2, -0.15) is 0 Å². The molecule has 2 aromatic rings. The number of carbonyl (C=O) groups is 1. The van der Waals surface area contributed by atoms with Gasteiger partial charge >= 0.3 is 0 Å². The molecule has 37 heavy (non-hydrogen) atoms. The fraction of sp³-hybridized carbons (Fsp3) is 0.455. The second-order valence-corrected chi connectivity index (χ2v) is 9.31. The van der Waals surface area contributed by atoms with Crippen LogP contribution in [0.15, 0.2) is 65.3 Å². The van der Waals surface area contributed by atoms with Gasteiger partial charge in [-0.1, -0.05) is 83.9 Å². The molecule has 0 aliphatic heterocycles. The highest BCUT2D eigenvalue weighted by atomic mass is 16.5. The van der Waals surface area contributed by atoms with Crippen molar-refractivity contribution in [2.24, 2.45) is 16.6 Å². The number of rotatable bonds is 13. The molecule has 0 aromatic heterocycles. The molecule has 0 spiro atoms. The molecule has 202 valence electrons. The van der Waals surface area contributed by atoms with Crippen molar-refractivity contribution in [2.75, 3.05) is 0 Å². The van der Waals surface area contributed by atoms with Crippen molar-refractivity contribution in [2.45, 2.75) is 94.1 Å². The molecule has 0 heterocycles. The predicted molar refractivity (Wildman–Crippen MR) is 160 cm³/mol.